The summed E-state index contributed by atoms with van der Waals surface area (Å²) in [5, 5.41) is 2.57. The standard InChI is InChI=1S/C15H24N2O3S/c1-13-8-10-14(11-9-13)21(19,20)17(3)12-6-4-5-7-15(18)16-2/h8-11H,4-7,12H2,1-3H3,(H,16,18). The Morgan fingerprint density at radius 1 is 1.14 bits per heavy atom. The molecule has 0 fully saturated rings. The number of unbranched alkanes of at least 4 members (excludes halogenated alkanes) is 2. The normalized spacial score (nSPS) is 11.6. The molecule has 21 heavy (non-hydrogen) atoms. The Hall–Kier alpha value is -1.40. The fraction of sp³-hybridized carbons (Fsp3) is 0.533. The summed E-state index contributed by atoms with van der Waals surface area (Å²) in [6.07, 6.45) is 2.85. The van der Waals surface area contributed by atoms with Crippen LogP contribution in [0.4, 0.5) is 0 Å². The molecule has 6 heteroatoms. The molecule has 0 aliphatic rings. The van der Waals surface area contributed by atoms with E-state index in [1.54, 1.807) is 38.4 Å². The highest BCUT2D eigenvalue weighted by Crippen LogP contribution is 2.15. The summed E-state index contributed by atoms with van der Waals surface area (Å²) in [7, 11) is -0.203. The highest BCUT2D eigenvalue weighted by atomic mass is 32.2. The first kappa shape index (κ1) is 17.7. The predicted molar refractivity (Wildman–Crippen MR) is 83.5 cm³/mol. The summed E-state index contributed by atoms with van der Waals surface area (Å²) in [5.41, 5.74) is 1.03. The van der Waals surface area contributed by atoms with E-state index in [-0.39, 0.29) is 5.91 Å². The fourth-order valence-electron chi connectivity index (χ4n) is 1.93. The van der Waals surface area contributed by atoms with Gasteiger partial charge in [0.2, 0.25) is 15.9 Å². The van der Waals surface area contributed by atoms with Crippen LogP contribution in [0.5, 0.6) is 0 Å². The van der Waals surface area contributed by atoms with Crippen LogP contribution in [0.15, 0.2) is 29.2 Å². The van der Waals surface area contributed by atoms with Crippen molar-refractivity contribution in [2.45, 2.75) is 37.5 Å². The third-order valence-corrected chi connectivity index (χ3v) is 5.26. The number of nitrogens with one attached hydrogen (secondary N) is 1. The van der Waals surface area contributed by atoms with Crippen molar-refractivity contribution in [1.29, 1.82) is 0 Å². The van der Waals surface area contributed by atoms with E-state index in [1.807, 2.05) is 6.92 Å². The van der Waals surface area contributed by atoms with E-state index in [1.165, 1.54) is 4.31 Å². The highest BCUT2D eigenvalue weighted by molar-refractivity contribution is 7.89. The fourth-order valence-corrected chi connectivity index (χ4v) is 3.14. The van der Waals surface area contributed by atoms with Crippen molar-refractivity contribution in [1.82, 2.24) is 9.62 Å². The van der Waals surface area contributed by atoms with Gasteiger partial charge in [-0.25, -0.2) is 12.7 Å². The molecule has 0 heterocycles. The van der Waals surface area contributed by atoms with Crippen molar-refractivity contribution in [3.05, 3.63) is 29.8 Å². The van der Waals surface area contributed by atoms with Crippen LogP contribution in [0.1, 0.15) is 31.2 Å². The number of carbonyl (C=O) groups excluding carboxylic acids is 1. The Balaban J connectivity index is 2.45. The molecule has 0 bridgehead atoms. The molecule has 0 atom stereocenters. The number of aryl methyl sites for hydroxylation is 1. The Labute approximate surface area is 127 Å². The number of carbonyl (C=O) groups is 1. The van der Waals surface area contributed by atoms with Gasteiger partial charge in [-0.15, -0.1) is 0 Å². The molecule has 1 rings (SSSR count). The molecule has 1 aromatic carbocycles. The van der Waals surface area contributed by atoms with E-state index in [9.17, 15) is 13.2 Å². The zero-order valence-corrected chi connectivity index (χ0v) is 13.7. The summed E-state index contributed by atoms with van der Waals surface area (Å²) in [6.45, 7) is 2.39. The van der Waals surface area contributed by atoms with Gasteiger partial charge >= 0.3 is 0 Å². The number of benzene rings is 1. The molecule has 118 valence electrons. The van der Waals surface area contributed by atoms with Crippen LogP contribution in [0.3, 0.4) is 0 Å². The van der Waals surface area contributed by atoms with Crippen LogP contribution in [-0.4, -0.2) is 39.3 Å². The maximum absolute atomic E-state index is 12.3. The number of hydrogen-bond acceptors (Lipinski definition) is 3. The number of amides is 1. The highest BCUT2D eigenvalue weighted by Gasteiger charge is 2.19. The van der Waals surface area contributed by atoms with Crippen molar-refractivity contribution in [2.24, 2.45) is 0 Å². The van der Waals surface area contributed by atoms with Crippen molar-refractivity contribution in [3.63, 3.8) is 0 Å². The zero-order chi connectivity index (χ0) is 15.9. The van der Waals surface area contributed by atoms with Crippen LogP contribution >= 0.6 is 0 Å². The molecule has 1 aromatic rings. The van der Waals surface area contributed by atoms with Gasteiger partial charge in [0.05, 0.1) is 4.90 Å². The minimum Gasteiger partial charge on any atom is -0.359 e. The minimum absolute atomic E-state index is 0.0237. The average Bonchev–Trinajstić information content (AvgIpc) is 2.46. The topological polar surface area (TPSA) is 66.5 Å². The van der Waals surface area contributed by atoms with Crippen LogP contribution in [0, 0.1) is 6.92 Å². The molecule has 1 amide bonds. The molecule has 0 radical (unpaired) electrons. The SMILES string of the molecule is CNC(=O)CCCCCN(C)S(=O)(=O)c1ccc(C)cc1. The Bertz CT molecular complexity index is 553. The van der Waals surface area contributed by atoms with E-state index >= 15 is 0 Å². The Morgan fingerprint density at radius 2 is 1.76 bits per heavy atom. The summed E-state index contributed by atoms with van der Waals surface area (Å²) in [4.78, 5) is 11.4. The average molecular weight is 312 g/mol. The van der Waals surface area contributed by atoms with Crippen molar-refractivity contribution >= 4 is 15.9 Å². The lowest BCUT2D eigenvalue weighted by atomic mass is 10.2. The van der Waals surface area contributed by atoms with E-state index in [0.717, 1.165) is 24.8 Å². The Kier molecular flexibility index (Phi) is 6.84. The first-order chi connectivity index (χ1) is 9.87. The lowest BCUT2D eigenvalue weighted by Gasteiger charge is -2.17. The summed E-state index contributed by atoms with van der Waals surface area (Å²) in [6, 6.07) is 6.85. The quantitative estimate of drug-likeness (QED) is 0.746. The molecule has 5 nitrogen and oxygen atoms in total. The van der Waals surface area contributed by atoms with Gasteiger partial charge in [0.1, 0.15) is 0 Å². The molecule has 0 saturated heterocycles. The van der Waals surface area contributed by atoms with Gasteiger partial charge in [0, 0.05) is 27.1 Å². The number of nitrogens with zero attached hydrogens (tertiary/aromatic N) is 1. The summed E-state index contributed by atoms with van der Waals surface area (Å²) in [5.74, 6) is 0.0237. The first-order valence-electron chi connectivity index (χ1n) is 7.11. The molecule has 0 aliphatic carbocycles. The second-order valence-electron chi connectivity index (χ2n) is 5.12. The van der Waals surface area contributed by atoms with Crippen molar-refractivity contribution < 1.29 is 13.2 Å². The largest absolute Gasteiger partial charge is 0.359 e. The smallest absolute Gasteiger partial charge is 0.242 e. The summed E-state index contributed by atoms with van der Waals surface area (Å²) >= 11 is 0. The van der Waals surface area contributed by atoms with Gasteiger partial charge in [-0.2, -0.15) is 0 Å². The van der Waals surface area contributed by atoms with Crippen molar-refractivity contribution in [3.8, 4) is 0 Å². The maximum atomic E-state index is 12.3. The summed E-state index contributed by atoms with van der Waals surface area (Å²) < 4.78 is 26.0. The lowest BCUT2D eigenvalue weighted by molar-refractivity contribution is -0.120. The molecule has 0 aliphatic heterocycles. The van der Waals surface area contributed by atoms with E-state index in [0.29, 0.717) is 17.9 Å². The molecule has 0 saturated carbocycles. The van der Waals surface area contributed by atoms with Crippen LogP contribution in [0.25, 0.3) is 0 Å². The maximum Gasteiger partial charge on any atom is 0.242 e. The minimum atomic E-state index is -3.41. The third-order valence-electron chi connectivity index (χ3n) is 3.38. The molecular weight excluding hydrogens is 288 g/mol. The van der Waals surface area contributed by atoms with Crippen LogP contribution < -0.4 is 5.32 Å². The molecule has 0 aromatic heterocycles. The van der Waals surface area contributed by atoms with Gasteiger partial charge in [0.25, 0.3) is 0 Å². The van der Waals surface area contributed by atoms with E-state index < -0.39 is 10.0 Å². The molecule has 0 spiro atoms. The molecular formula is C15H24N2O3S. The molecule has 0 unspecified atom stereocenters. The second kappa shape index (κ2) is 8.14. The Morgan fingerprint density at radius 3 is 2.33 bits per heavy atom. The lowest BCUT2D eigenvalue weighted by Crippen LogP contribution is -2.28. The van der Waals surface area contributed by atoms with E-state index in [4.69, 9.17) is 0 Å². The van der Waals surface area contributed by atoms with Gasteiger partial charge in [-0.05, 0) is 31.9 Å². The number of sulfonamides is 1. The number of hydrogen-bond donors (Lipinski definition) is 1. The number of rotatable bonds is 8. The van der Waals surface area contributed by atoms with Gasteiger partial charge in [-0.1, -0.05) is 24.1 Å². The monoisotopic (exact) mass is 312 g/mol. The van der Waals surface area contributed by atoms with Crippen molar-refractivity contribution in [2.75, 3.05) is 20.6 Å². The van der Waals surface area contributed by atoms with Gasteiger partial charge < -0.3 is 5.32 Å². The van der Waals surface area contributed by atoms with Gasteiger partial charge in [0.15, 0.2) is 0 Å². The molecule has 1 N–H and O–H groups in total. The van der Waals surface area contributed by atoms with E-state index in [2.05, 4.69) is 5.32 Å². The van der Waals surface area contributed by atoms with Crippen LogP contribution in [-0.2, 0) is 14.8 Å². The van der Waals surface area contributed by atoms with Crippen LogP contribution in [0.2, 0.25) is 0 Å². The third kappa shape index (κ3) is 5.47. The second-order valence-corrected chi connectivity index (χ2v) is 7.17. The zero-order valence-electron chi connectivity index (χ0n) is 12.9. The predicted octanol–water partition coefficient (Wildman–Crippen LogP) is 1.92. The van der Waals surface area contributed by atoms with Gasteiger partial charge in [-0.3, -0.25) is 4.79 Å². The first-order valence-corrected chi connectivity index (χ1v) is 8.55.